The molecule has 0 radical (unpaired) electrons. The maximum absolute atomic E-state index is 13.7. The van der Waals surface area contributed by atoms with Crippen molar-refractivity contribution in [2.45, 2.75) is 45.1 Å². The second kappa shape index (κ2) is 4.17. The second-order valence-electron chi connectivity index (χ2n) is 5.26. The topological polar surface area (TPSA) is 20.2 Å². The molecule has 0 bridgehead atoms. The Morgan fingerprint density at radius 1 is 1.44 bits per heavy atom. The summed E-state index contributed by atoms with van der Waals surface area (Å²) < 4.78 is 13.7. The van der Waals surface area contributed by atoms with Gasteiger partial charge in [-0.3, -0.25) is 0 Å². The fourth-order valence-electron chi connectivity index (χ4n) is 2.42. The highest BCUT2D eigenvalue weighted by atomic mass is 19.1. The predicted octanol–water partition coefficient (Wildman–Crippen LogP) is 3.53. The number of aryl methyl sites for hydroxylation is 1. The number of hydrogen-bond donors (Lipinski definition) is 1. The lowest BCUT2D eigenvalue weighted by atomic mass is 9.75. The van der Waals surface area contributed by atoms with Gasteiger partial charge in [0.25, 0.3) is 0 Å². The Bertz CT molecular complexity index is 380. The van der Waals surface area contributed by atoms with Crippen LogP contribution in [0.3, 0.4) is 0 Å². The van der Waals surface area contributed by atoms with Crippen molar-refractivity contribution in [2.24, 2.45) is 5.92 Å². The van der Waals surface area contributed by atoms with Crippen LogP contribution in [0.4, 0.5) is 4.39 Å². The van der Waals surface area contributed by atoms with Gasteiger partial charge in [-0.25, -0.2) is 4.39 Å². The van der Waals surface area contributed by atoms with Crippen molar-refractivity contribution in [1.29, 1.82) is 0 Å². The minimum Gasteiger partial charge on any atom is -0.385 e. The average Bonchev–Trinajstić information content (AvgIpc) is 2.16. The van der Waals surface area contributed by atoms with E-state index in [-0.39, 0.29) is 5.82 Å². The van der Waals surface area contributed by atoms with E-state index in [2.05, 4.69) is 0 Å². The van der Waals surface area contributed by atoms with E-state index < -0.39 is 5.60 Å². The Labute approximate surface area is 96.3 Å². The molecule has 1 N–H and O–H groups in total. The summed E-state index contributed by atoms with van der Waals surface area (Å²) in [6.07, 6.45) is 4.26. The lowest BCUT2D eigenvalue weighted by Crippen LogP contribution is -2.29. The summed E-state index contributed by atoms with van der Waals surface area (Å²) in [6.45, 7) is 3.64. The van der Waals surface area contributed by atoms with E-state index in [4.69, 9.17) is 0 Å². The largest absolute Gasteiger partial charge is 0.385 e. The maximum Gasteiger partial charge on any atom is 0.129 e. The fraction of sp³-hybridized carbons (Fsp3) is 0.571. The molecular weight excluding hydrogens is 203 g/mol. The number of rotatable bonds is 3. The van der Waals surface area contributed by atoms with Crippen LogP contribution in [-0.2, 0) is 5.60 Å². The first kappa shape index (κ1) is 11.6. The van der Waals surface area contributed by atoms with Gasteiger partial charge in [0.05, 0.1) is 5.60 Å². The Kier molecular flexibility index (Phi) is 3.02. The van der Waals surface area contributed by atoms with Crippen LogP contribution in [0.5, 0.6) is 0 Å². The van der Waals surface area contributed by atoms with Crippen molar-refractivity contribution >= 4 is 0 Å². The van der Waals surface area contributed by atoms with Gasteiger partial charge in [-0.2, -0.15) is 0 Å². The van der Waals surface area contributed by atoms with E-state index in [0.29, 0.717) is 17.9 Å². The highest BCUT2D eigenvalue weighted by Crippen LogP contribution is 2.38. The number of halogens is 1. The third-order valence-electron chi connectivity index (χ3n) is 3.61. The smallest absolute Gasteiger partial charge is 0.129 e. The van der Waals surface area contributed by atoms with Crippen molar-refractivity contribution in [1.82, 2.24) is 0 Å². The van der Waals surface area contributed by atoms with Crippen LogP contribution in [0, 0.1) is 18.7 Å². The van der Waals surface area contributed by atoms with Crippen LogP contribution < -0.4 is 0 Å². The van der Waals surface area contributed by atoms with Crippen LogP contribution >= 0.6 is 0 Å². The lowest BCUT2D eigenvalue weighted by molar-refractivity contribution is 0.0131. The summed E-state index contributed by atoms with van der Waals surface area (Å²) in [5, 5.41) is 10.4. The minimum absolute atomic E-state index is 0.296. The molecule has 1 aliphatic carbocycles. The molecule has 0 aromatic heterocycles. The molecule has 1 aromatic carbocycles. The van der Waals surface area contributed by atoms with Crippen LogP contribution in [0.25, 0.3) is 0 Å². The van der Waals surface area contributed by atoms with E-state index in [9.17, 15) is 9.50 Å². The van der Waals surface area contributed by atoms with Gasteiger partial charge >= 0.3 is 0 Å². The van der Waals surface area contributed by atoms with Crippen molar-refractivity contribution < 1.29 is 9.50 Å². The van der Waals surface area contributed by atoms with Gasteiger partial charge in [-0.1, -0.05) is 37.0 Å². The summed E-state index contributed by atoms with van der Waals surface area (Å²) in [4.78, 5) is 0. The quantitative estimate of drug-likeness (QED) is 0.829. The van der Waals surface area contributed by atoms with Gasteiger partial charge in [0, 0.05) is 5.56 Å². The molecule has 2 heteroatoms. The summed E-state index contributed by atoms with van der Waals surface area (Å²) in [5.74, 6) is 0.268. The van der Waals surface area contributed by atoms with E-state index in [0.717, 1.165) is 5.56 Å². The Balaban J connectivity index is 2.22. The summed E-state index contributed by atoms with van der Waals surface area (Å²) in [7, 11) is 0. The number of benzene rings is 1. The Hall–Kier alpha value is -0.890. The zero-order valence-corrected chi connectivity index (χ0v) is 9.96. The van der Waals surface area contributed by atoms with Crippen molar-refractivity contribution in [2.75, 3.05) is 0 Å². The van der Waals surface area contributed by atoms with Gasteiger partial charge in [0.2, 0.25) is 0 Å². The molecule has 1 aliphatic rings. The van der Waals surface area contributed by atoms with Gasteiger partial charge < -0.3 is 5.11 Å². The monoisotopic (exact) mass is 222 g/mol. The standard InChI is InChI=1S/C14H19FO/c1-10-6-7-13(15)12(8-10)14(2,16)9-11-4-3-5-11/h6-8,11,16H,3-5,9H2,1-2H3. The van der Waals surface area contributed by atoms with Crippen molar-refractivity contribution in [3.05, 3.63) is 35.1 Å². The predicted molar refractivity (Wildman–Crippen MR) is 62.7 cm³/mol. The van der Waals surface area contributed by atoms with Crippen molar-refractivity contribution in [3.8, 4) is 0 Å². The molecule has 1 atom stereocenters. The van der Waals surface area contributed by atoms with Gasteiger partial charge in [0.15, 0.2) is 0 Å². The Morgan fingerprint density at radius 2 is 2.12 bits per heavy atom. The first-order chi connectivity index (χ1) is 7.49. The second-order valence-corrected chi connectivity index (χ2v) is 5.26. The molecule has 0 saturated heterocycles. The molecule has 0 heterocycles. The lowest BCUT2D eigenvalue weighted by Gasteiger charge is -2.34. The van der Waals surface area contributed by atoms with E-state index in [1.807, 2.05) is 6.92 Å². The zero-order chi connectivity index (χ0) is 11.8. The molecule has 1 fully saturated rings. The SMILES string of the molecule is Cc1ccc(F)c(C(C)(O)CC2CCC2)c1. The van der Waals surface area contributed by atoms with Gasteiger partial charge in [0.1, 0.15) is 5.82 Å². The molecule has 1 saturated carbocycles. The van der Waals surface area contributed by atoms with E-state index in [1.54, 1.807) is 19.1 Å². The van der Waals surface area contributed by atoms with E-state index >= 15 is 0 Å². The molecule has 16 heavy (non-hydrogen) atoms. The third kappa shape index (κ3) is 2.27. The number of aliphatic hydroxyl groups is 1. The minimum atomic E-state index is -1.03. The first-order valence-electron chi connectivity index (χ1n) is 5.98. The molecule has 0 spiro atoms. The highest BCUT2D eigenvalue weighted by Gasteiger charge is 2.32. The van der Waals surface area contributed by atoms with E-state index in [1.165, 1.54) is 25.3 Å². The number of hydrogen-bond acceptors (Lipinski definition) is 1. The molecule has 0 amide bonds. The fourth-order valence-corrected chi connectivity index (χ4v) is 2.42. The summed E-state index contributed by atoms with van der Waals surface area (Å²) >= 11 is 0. The zero-order valence-electron chi connectivity index (χ0n) is 9.96. The summed E-state index contributed by atoms with van der Waals surface area (Å²) in [5.41, 5.74) is 0.408. The molecule has 1 unspecified atom stereocenters. The molecule has 1 aromatic rings. The molecule has 2 rings (SSSR count). The van der Waals surface area contributed by atoms with Gasteiger partial charge in [-0.15, -0.1) is 0 Å². The summed E-state index contributed by atoms with van der Waals surface area (Å²) in [6, 6.07) is 4.94. The van der Waals surface area contributed by atoms with Crippen LogP contribution in [0.15, 0.2) is 18.2 Å². The molecule has 0 aliphatic heterocycles. The molecule has 1 nitrogen and oxygen atoms in total. The molecular formula is C14H19FO. The van der Waals surface area contributed by atoms with Gasteiger partial charge in [-0.05, 0) is 32.3 Å². The van der Waals surface area contributed by atoms with Crippen molar-refractivity contribution in [3.63, 3.8) is 0 Å². The van der Waals surface area contributed by atoms with Crippen LogP contribution in [0.1, 0.15) is 43.7 Å². The Morgan fingerprint density at radius 3 is 2.69 bits per heavy atom. The maximum atomic E-state index is 13.7. The first-order valence-corrected chi connectivity index (χ1v) is 5.98. The third-order valence-corrected chi connectivity index (χ3v) is 3.61. The normalized spacial score (nSPS) is 20.2. The van der Waals surface area contributed by atoms with Crippen LogP contribution in [-0.4, -0.2) is 5.11 Å². The molecule has 88 valence electrons. The average molecular weight is 222 g/mol. The van der Waals surface area contributed by atoms with Crippen LogP contribution in [0.2, 0.25) is 0 Å². The highest BCUT2D eigenvalue weighted by molar-refractivity contribution is 5.28.